The Morgan fingerprint density at radius 1 is 1.16 bits per heavy atom. The molecule has 2 rings (SSSR count). The Kier molecular flexibility index (Phi) is 4.45. The Balaban J connectivity index is 2.21. The van der Waals surface area contributed by atoms with Gasteiger partial charge < -0.3 is 10.6 Å². The molecule has 0 unspecified atom stereocenters. The van der Waals surface area contributed by atoms with E-state index in [4.69, 9.17) is 23.2 Å². The summed E-state index contributed by atoms with van der Waals surface area (Å²) in [6, 6.07) is 7.44. The number of nitrogens with zero attached hydrogens (tertiary/aromatic N) is 2. The number of hydrogen-bond acceptors (Lipinski definition) is 4. The molecule has 0 aliphatic carbocycles. The van der Waals surface area contributed by atoms with Crippen molar-refractivity contribution >= 4 is 40.7 Å². The van der Waals surface area contributed by atoms with Gasteiger partial charge in [0.25, 0.3) is 0 Å². The molecule has 0 spiro atoms. The summed E-state index contributed by atoms with van der Waals surface area (Å²) >= 11 is 12.1. The maximum Gasteiger partial charge on any atom is 0.224 e. The van der Waals surface area contributed by atoms with Crippen LogP contribution in [0.2, 0.25) is 10.0 Å². The van der Waals surface area contributed by atoms with E-state index in [1.165, 1.54) is 0 Å². The zero-order chi connectivity index (χ0) is 13.8. The summed E-state index contributed by atoms with van der Waals surface area (Å²) in [4.78, 5) is 8.48. The van der Waals surface area contributed by atoms with Crippen molar-refractivity contribution in [2.45, 2.75) is 19.9 Å². The normalized spacial score (nSPS) is 10.6. The van der Waals surface area contributed by atoms with Crippen LogP contribution in [-0.4, -0.2) is 16.0 Å². The molecule has 2 aromatic rings. The third-order valence-corrected chi connectivity index (χ3v) is 3.11. The van der Waals surface area contributed by atoms with E-state index >= 15 is 0 Å². The maximum absolute atomic E-state index is 6.11. The van der Waals surface area contributed by atoms with Crippen molar-refractivity contribution in [2.75, 3.05) is 10.6 Å². The molecule has 2 N–H and O–H groups in total. The van der Waals surface area contributed by atoms with Crippen molar-refractivity contribution in [1.82, 2.24) is 9.97 Å². The van der Waals surface area contributed by atoms with Gasteiger partial charge in [0.15, 0.2) is 0 Å². The molecule has 0 fully saturated rings. The number of anilines is 3. The number of halogens is 2. The lowest BCUT2D eigenvalue weighted by atomic mass is 10.3. The van der Waals surface area contributed by atoms with Gasteiger partial charge in [0.1, 0.15) is 5.82 Å². The predicted octanol–water partition coefficient (Wildman–Crippen LogP) is 4.35. The lowest BCUT2D eigenvalue weighted by molar-refractivity contribution is 0.875. The standard InChI is InChI=1S/C13H14Cl2N4/c1-8(2)17-13-16-7-6-11(19-13)18-10-5-3-4-9(14)12(10)15/h3-8H,1-2H3,(H2,16,17,18,19). The van der Waals surface area contributed by atoms with Crippen LogP contribution in [-0.2, 0) is 0 Å². The van der Waals surface area contributed by atoms with Crippen LogP contribution in [0.3, 0.4) is 0 Å². The van der Waals surface area contributed by atoms with Crippen molar-refractivity contribution in [1.29, 1.82) is 0 Å². The summed E-state index contributed by atoms with van der Waals surface area (Å²) in [5.41, 5.74) is 0.711. The molecule has 100 valence electrons. The van der Waals surface area contributed by atoms with Crippen LogP contribution >= 0.6 is 23.2 Å². The number of hydrogen-bond donors (Lipinski definition) is 2. The Morgan fingerprint density at radius 2 is 1.95 bits per heavy atom. The highest BCUT2D eigenvalue weighted by Crippen LogP contribution is 2.31. The fraction of sp³-hybridized carbons (Fsp3) is 0.231. The first kappa shape index (κ1) is 13.9. The topological polar surface area (TPSA) is 49.8 Å². The smallest absolute Gasteiger partial charge is 0.224 e. The lowest BCUT2D eigenvalue weighted by Crippen LogP contribution is -2.12. The third-order valence-electron chi connectivity index (χ3n) is 2.29. The highest BCUT2D eigenvalue weighted by atomic mass is 35.5. The van der Waals surface area contributed by atoms with Gasteiger partial charge in [0.05, 0.1) is 15.7 Å². The Hall–Kier alpha value is -1.52. The highest BCUT2D eigenvalue weighted by molar-refractivity contribution is 6.43. The molecule has 0 atom stereocenters. The average Bonchev–Trinajstić information content (AvgIpc) is 2.35. The lowest BCUT2D eigenvalue weighted by Gasteiger charge is -2.11. The number of nitrogens with one attached hydrogen (secondary N) is 2. The minimum absolute atomic E-state index is 0.269. The predicted molar refractivity (Wildman–Crippen MR) is 80.5 cm³/mol. The maximum atomic E-state index is 6.11. The van der Waals surface area contributed by atoms with Crippen LogP contribution in [0.4, 0.5) is 17.5 Å². The molecule has 0 aliphatic heterocycles. The van der Waals surface area contributed by atoms with E-state index in [-0.39, 0.29) is 6.04 Å². The van der Waals surface area contributed by atoms with E-state index in [0.29, 0.717) is 27.5 Å². The Bertz CT molecular complexity index is 572. The van der Waals surface area contributed by atoms with Crippen LogP contribution in [0, 0.1) is 0 Å². The summed E-state index contributed by atoms with van der Waals surface area (Å²) < 4.78 is 0. The largest absolute Gasteiger partial charge is 0.352 e. The van der Waals surface area contributed by atoms with E-state index in [1.807, 2.05) is 26.0 Å². The van der Waals surface area contributed by atoms with Crippen LogP contribution < -0.4 is 10.6 Å². The van der Waals surface area contributed by atoms with Gasteiger partial charge in [0.2, 0.25) is 5.95 Å². The second-order valence-electron chi connectivity index (χ2n) is 4.29. The Morgan fingerprint density at radius 3 is 2.68 bits per heavy atom. The van der Waals surface area contributed by atoms with Crippen LogP contribution in [0.1, 0.15) is 13.8 Å². The summed E-state index contributed by atoms with van der Waals surface area (Å²) in [6.45, 7) is 4.05. The van der Waals surface area contributed by atoms with Gasteiger partial charge >= 0.3 is 0 Å². The van der Waals surface area contributed by atoms with Crippen molar-refractivity contribution in [3.63, 3.8) is 0 Å². The molecule has 0 radical (unpaired) electrons. The fourth-order valence-corrected chi connectivity index (χ4v) is 1.84. The summed E-state index contributed by atoms with van der Waals surface area (Å²) in [5.74, 6) is 1.22. The SMILES string of the molecule is CC(C)Nc1nccc(Nc2cccc(Cl)c2Cl)n1. The van der Waals surface area contributed by atoms with Gasteiger partial charge in [-0.2, -0.15) is 4.98 Å². The van der Waals surface area contributed by atoms with Crippen molar-refractivity contribution in [3.05, 3.63) is 40.5 Å². The first-order valence-electron chi connectivity index (χ1n) is 5.87. The van der Waals surface area contributed by atoms with Gasteiger partial charge in [-0.25, -0.2) is 4.98 Å². The van der Waals surface area contributed by atoms with E-state index in [0.717, 1.165) is 0 Å². The number of rotatable bonds is 4. The summed E-state index contributed by atoms with van der Waals surface area (Å²) in [7, 11) is 0. The van der Waals surface area contributed by atoms with Crippen LogP contribution in [0.5, 0.6) is 0 Å². The van der Waals surface area contributed by atoms with Gasteiger partial charge in [-0.15, -0.1) is 0 Å². The molecule has 0 bridgehead atoms. The molecule has 1 aromatic heterocycles. The second kappa shape index (κ2) is 6.08. The molecule has 1 aromatic carbocycles. The average molecular weight is 297 g/mol. The summed E-state index contributed by atoms with van der Waals surface area (Å²) in [6.07, 6.45) is 1.68. The van der Waals surface area contributed by atoms with E-state index in [1.54, 1.807) is 18.3 Å². The van der Waals surface area contributed by atoms with Crippen LogP contribution in [0.25, 0.3) is 0 Å². The molecule has 0 saturated heterocycles. The molecule has 6 heteroatoms. The van der Waals surface area contributed by atoms with E-state index in [9.17, 15) is 0 Å². The molecule has 0 amide bonds. The number of aromatic nitrogens is 2. The van der Waals surface area contributed by atoms with E-state index in [2.05, 4.69) is 20.6 Å². The quantitative estimate of drug-likeness (QED) is 0.881. The summed E-state index contributed by atoms with van der Waals surface area (Å²) in [5, 5.41) is 7.23. The minimum Gasteiger partial charge on any atom is -0.352 e. The van der Waals surface area contributed by atoms with Crippen LogP contribution in [0.15, 0.2) is 30.5 Å². The van der Waals surface area contributed by atoms with Gasteiger partial charge in [-0.3, -0.25) is 0 Å². The van der Waals surface area contributed by atoms with Gasteiger partial charge in [0, 0.05) is 12.2 Å². The van der Waals surface area contributed by atoms with E-state index < -0.39 is 0 Å². The zero-order valence-electron chi connectivity index (χ0n) is 10.6. The molecule has 1 heterocycles. The van der Waals surface area contributed by atoms with Crippen molar-refractivity contribution in [2.24, 2.45) is 0 Å². The van der Waals surface area contributed by atoms with Gasteiger partial charge in [-0.05, 0) is 32.0 Å². The highest BCUT2D eigenvalue weighted by Gasteiger charge is 2.06. The monoisotopic (exact) mass is 296 g/mol. The van der Waals surface area contributed by atoms with Crippen molar-refractivity contribution < 1.29 is 0 Å². The first-order valence-corrected chi connectivity index (χ1v) is 6.62. The third kappa shape index (κ3) is 3.72. The molecular weight excluding hydrogens is 283 g/mol. The second-order valence-corrected chi connectivity index (χ2v) is 5.08. The minimum atomic E-state index is 0.269. The molecular formula is C13H14Cl2N4. The van der Waals surface area contributed by atoms with Gasteiger partial charge in [-0.1, -0.05) is 29.3 Å². The fourth-order valence-electron chi connectivity index (χ4n) is 1.49. The number of benzene rings is 1. The first-order chi connectivity index (χ1) is 9.06. The molecule has 19 heavy (non-hydrogen) atoms. The Labute approximate surface area is 122 Å². The molecule has 4 nitrogen and oxygen atoms in total. The molecule has 0 saturated carbocycles. The zero-order valence-corrected chi connectivity index (χ0v) is 12.1. The molecule has 0 aliphatic rings. The van der Waals surface area contributed by atoms with Crippen molar-refractivity contribution in [3.8, 4) is 0 Å².